The zero-order valence-corrected chi connectivity index (χ0v) is 12.2. The van der Waals surface area contributed by atoms with Crippen LogP contribution < -0.4 is 0 Å². The van der Waals surface area contributed by atoms with E-state index in [0.29, 0.717) is 12.1 Å². The van der Waals surface area contributed by atoms with Crippen molar-refractivity contribution in [2.75, 3.05) is 13.1 Å². The summed E-state index contributed by atoms with van der Waals surface area (Å²) in [5, 5.41) is 4.22. The predicted molar refractivity (Wildman–Crippen MR) is 77.6 cm³/mol. The van der Waals surface area contributed by atoms with Gasteiger partial charge in [0.1, 0.15) is 5.82 Å². The van der Waals surface area contributed by atoms with Crippen molar-refractivity contribution in [1.29, 1.82) is 0 Å². The van der Waals surface area contributed by atoms with Crippen LogP contribution >= 0.6 is 0 Å². The Hall–Kier alpha value is -2.17. The number of likely N-dealkylation sites (tertiary alicyclic amines) is 1. The Bertz CT molecular complexity index is 663. The number of hydrogen-bond acceptors (Lipinski definition) is 2. The molecule has 0 bridgehead atoms. The van der Waals surface area contributed by atoms with E-state index in [-0.39, 0.29) is 17.6 Å². The van der Waals surface area contributed by atoms with Crippen molar-refractivity contribution in [3.63, 3.8) is 0 Å². The van der Waals surface area contributed by atoms with Crippen molar-refractivity contribution in [1.82, 2.24) is 14.7 Å². The standard InChI is InChI=1S/C16H18FN3O/c1-11-15(10-19(2)18-11)16(21)20-8-7-13(9-20)12-3-5-14(17)6-4-12/h3-6,10,13H,7-9H2,1-2H3/t13-/m0/s1. The van der Waals surface area contributed by atoms with Gasteiger partial charge in [0.25, 0.3) is 5.91 Å². The van der Waals surface area contributed by atoms with Gasteiger partial charge in [0.15, 0.2) is 0 Å². The molecule has 0 radical (unpaired) electrons. The number of hydrogen-bond donors (Lipinski definition) is 0. The molecule has 2 aromatic rings. The Labute approximate surface area is 123 Å². The van der Waals surface area contributed by atoms with Gasteiger partial charge < -0.3 is 4.90 Å². The van der Waals surface area contributed by atoms with E-state index in [1.54, 1.807) is 10.9 Å². The van der Waals surface area contributed by atoms with Crippen LogP contribution in [0, 0.1) is 12.7 Å². The fourth-order valence-corrected chi connectivity index (χ4v) is 2.93. The minimum atomic E-state index is -0.226. The largest absolute Gasteiger partial charge is 0.338 e. The Morgan fingerprint density at radius 3 is 2.67 bits per heavy atom. The van der Waals surface area contributed by atoms with Crippen LogP contribution in [-0.2, 0) is 7.05 Å². The normalized spacial score (nSPS) is 18.2. The lowest BCUT2D eigenvalue weighted by Gasteiger charge is -2.16. The average Bonchev–Trinajstić information content (AvgIpc) is 3.06. The van der Waals surface area contributed by atoms with Crippen LogP contribution in [0.25, 0.3) is 0 Å². The van der Waals surface area contributed by atoms with Crippen molar-refractivity contribution in [2.24, 2.45) is 7.05 Å². The maximum atomic E-state index is 13.0. The van der Waals surface area contributed by atoms with Gasteiger partial charge in [-0.3, -0.25) is 9.48 Å². The number of carbonyl (C=O) groups excluding carboxylic acids is 1. The van der Waals surface area contributed by atoms with Gasteiger partial charge in [0, 0.05) is 32.3 Å². The van der Waals surface area contributed by atoms with Crippen molar-refractivity contribution in [3.05, 3.63) is 53.1 Å². The molecule has 0 unspecified atom stereocenters. The molecule has 1 aliphatic heterocycles. The van der Waals surface area contributed by atoms with Gasteiger partial charge in [-0.05, 0) is 31.0 Å². The molecule has 3 rings (SSSR count). The van der Waals surface area contributed by atoms with Gasteiger partial charge in [-0.15, -0.1) is 0 Å². The van der Waals surface area contributed by atoms with E-state index in [4.69, 9.17) is 0 Å². The summed E-state index contributed by atoms with van der Waals surface area (Å²) in [6.07, 6.45) is 2.68. The molecule has 21 heavy (non-hydrogen) atoms. The highest BCUT2D eigenvalue weighted by Crippen LogP contribution is 2.28. The summed E-state index contributed by atoms with van der Waals surface area (Å²) < 4.78 is 14.6. The lowest BCUT2D eigenvalue weighted by molar-refractivity contribution is 0.0790. The minimum Gasteiger partial charge on any atom is -0.338 e. The van der Waals surface area contributed by atoms with Crippen LogP contribution in [-0.4, -0.2) is 33.7 Å². The number of benzene rings is 1. The van der Waals surface area contributed by atoms with Crippen LogP contribution in [0.15, 0.2) is 30.5 Å². The maximum absolute atomic E-state index is 13.0. The van der Waals surface area contributed by atoms with Crippen LogP contribution in [0.5, 0.6) is 0 Å². The molecule has 0 saturated carbocycles. The van der Waals surface area contributed by atoms with Gasteiger partial charge >= 0.3 is 0 Å². The Morgan fingerprint density at radius 1 is 1.33 bits per heavy atom. The zero-order valence-electron chi connectivity index (χ0n) is 12.2. The number of amides is 1. The van der Waals surface area contributed by atoms with E-state index in [9.17, 15) is 9.18 Å². The summed E-state index contributed by atoms with van der Waals surface area (Å²) in [6, 6.07) is 6.57. The second-order valence-electron chi connectivity index (χ2n) is 5.59. The fraction of sp³-hybridized carbons (Fsp3) is 0.375. The SMILES string of the molecule is Cc1nn(C)cc1C(=O)N1CC[C@H](c2ccc(F)cc2)C1. The molecule has 1 aromatic heterocycles. The van der Waals surface area contributed by atoms with E-state index in [2.05, 4.69) is 5.10 Å². The van der Waals surface area contributed by atoms with Crippen LogP contribution in [0.4, 0.5) is 4.39 Å². The Morgan fingerprint density at radius 2 is 2.05 bits per heavy atom. The van der Waals surface area contributed by atoms with Gasteiger partial charge in [-0.25, -0.2) is 4.39 Å². The van der Waals surface area contributed by atoms with E-state index in [0.717, 1.165) is 24.2 Å². The molecule has 1 aliphatic rings. The first-order chi connectivity index (χ1) is 10.0. The Kier molecular flexibility index (Phi) is 3.49. The molecule has 1 saturated heterocycles. The molecule has 1 amide bonds. The molecule has 2 heterocycles. The van der Waals surface area contributed by atoms with E-state index in [1.807, 2.05) is 31.0 Å². The monoisotopic (exact) mass is 287 g/mol. The second kappa shape index (κ2) is 5.31. The molecule has 1 atom stereocenters. The van der Waals surface area contributed by atoms with Crippen LogP contribution in [0.3, 0.4) is 0 Å². The summed E-state index contributed by atoms with van der Waals surface area (Å²) in [5.74, 6) is 0.0902. The third-order valence-electron chi connectivity index (χ3n) is 4.06. The molecule has 110 valence electrons. The molecular formula is C16H18FN3O. The number of aromatic nitrogens is 2. The molecule has 0 N–H and O–H groups in total. The predicted octanol–water partition coefficient (Wildman–Crippen LogP) is 2.50. The van der Waals surface area contributed by atoms with Crippen LogP contribution in [0.1, 0.15) is 34.0 Å². The first-order valence-electron chi connectivity index (χ1n) is 7.09. The lowest BCUT2D eigenvalue weighted by atomic mass is 9.99. The lowest BCUT2D eigenvalue weighted by Crippen LogP contribution is -2.28. The molecule has 0 spiro atoms. The minimum absolute atomic E-state index is 0.0326. The van der Waals surface area contributed by atoms with Crippen molar-refractivity contribution >= 4 is 5.91 Å². The highest BCUT2D eigenvalue weighted by Gasteiger charge is 2.29. The molecule has 4 nitrogen and oxygen atoms in total. The van der Waals surface area contributed by atoms with E-state index < -0.39 is 0 Å². The number of carbonyl (C=O) groups is 1. The van der Waals surface area contributed by atoms with Gasteiger partial charge in [0.05, 0.1) is 11.3 Å². The van der Waals surface area contributed by atoms with Crippen molar-refractivity contribution in [2.45, 2.75) is 19.3 Å². The Balaban J connectivity index is 1.73. The summed E-state index contributed by atoms with van der Waals surface area (Å²) >= 11 is 0. The summed E-state index contributed by atoms with van der Waals surface area (Å²) in [6.45, 7) is 3.26. The third-order valence-corrected chi connectivity index (χ3v) is 4.06. The number of aryl methyl sites for hydroxylation is 2. The summed E-state index contributed by atoms with van der Waals surface area (Å²) in [5.41, 5.74) is 2.51. The molecule has 1 fully saturated rings. The van der Waals surface area contributed by atoms with E-state index >= 15 is 0 Å². The smallest absolute Gasteiger partial charge is 0.257 e. The molecule has 5 heteroatoms. The van der Waals surface area contributed by atoms with Crippen molar-refractivity contribution < 1.29 is 9.18 Å². The van der Waals surface area contributed by atoms with Crippen molar-refractivity contribution in [3.8, 4) is 0 Å². The highest BCUT2D eigenvalue weighted by molar-refractivity contribution is 5.95. The van der Waals surface area contributed by atoms with E-state index in [1.165, 1.54) is 12.1 Å². The van der Waals surface area contributed by atoms with Gasteiger partial charge in [0.2, 0.25) is 0 Å². The van der Waals surface area contributed by atoms with Crippen LogP contribution in [0.2, 0.25) is 0 Å². The number of nitrogens with zero attached hydrogens (tertiary/aromatic N) is 3. The number of halogens is 1. The molecular weight excluding hydrogens is 269 g/mol. The quantitative estimate of drug-likeness (QED) is 0.851. The van der Waals surface area contributed by atoms with Gasteiger partial charge in [-0.2, -0.15) is 5.10 Å². The summed E-state index contributed by atoms with van der Waals surface area (Å²) in [4.78, 5) is 14.4. The maximum Gasteiger partial charge on any atom is 0.257 e. The first-order valence-corrected chi connectivity index (χ1v) is 7.09. The highest BCUT2D eigenvalue weighted by atomic mass is 19.1. The topological polar surface area (TPSA) is 38.1 Å². The fourth-order valence-electron chi connectivity index (χ4n) is 2.93. The summed E-state index contributed by atoms with van der Waals surface area (Å²) in [7, 11) is 1.81. The average molecular weight is 287 g/mol. The zero-order chi connectivity index (χ0) is 15.0. The second-order valence-corrected chi connectivity index (χ2v) is 5.59. The molecule has 0 aliphatic carbocycles. The van der Waals surface area contributed by atoms with Gasteiger partial charge in [-0.1, -0.05) is 12.1 Å². The molecule has 1 aromatic carbocycles. The first kappa shape index (κ1) is 13.8. The number of rotatable bonds is 2. The third kappa shape index (κ3) is 2.68.